The summed E-state index contributed by atoms with van der Waals surface area (Å²) in [5, 5.41) is 1.96. The van der Waals surface area contributed by atoms with Gasteiger partial charge in [0.1, 0.15) is 0 Å². The van der Waals surface area contributed by atoms with Gasteiger partial charge >= 0.3 is 0 Å². The van der Waals surface area contributed by atoms with Crippen LogP contribution in [-0.2, 0) is 0 Å². The van der Waals surface area contributed by atoms with Crippen molar-refractivity contribution in [3.63, 3.8) is 0 Å². The summed E-state index contributed by atoms with van der Waals surface area (Å²) < 4.78 is 0.843. The molecule has 0 aliphatic carbocycles. The summed E-state index contributed by atoms with van der Waals surface area (Å²) in [7, 11) is 6.39. The first-order chi connectivity index (χ1) is 6.94. The van der Waals surface area contributed by atoms with E-state index in [1.165, 1.54) is 0 Å². The topological polar surface area (TPSA) is 17.1 Å². The molecule has 0 saturated carbocycles. The van der Waals surface area contributed by atoms with Gasteiger partial charge in [0.15, 0.2) is 5.78 Å². The number of rotatable bonds is 5. The molecule has 1 atom stereocenters. The first kappa shape index (κ1) is 12.4. The van der Waals surface area contributed by atoms with E-state index >= 15 is 0 Å². The third kappa shape index (κ3) is 3.76. The van der Waals surface area contributed by atoms with Gasteiger partial charge in [0.2, 0.25) is 0 Å². The number of thiophene rings is 1. The lowest BCUT2D eigenvalue weighted by Gasteiger charge is -2.27. The summed E-state index contributed by atoms with van der Waals surface area (Å²) in [4.78, 5) is 13.0. The molecule has 1 heterocycles. The van der Waals surface area contributed by atoms with Gasteiger partial charge in [-0.1, -0.05) is 13.0 Å². The molecule has 0 N–H and O–H groups in total. The van der Waals surface area contributed by atoms with Crippen molar-refractivity contribution in [3.8, 4) is 0 Å². The number of quaternary nitrogens is 1. The molecular weight excluding hydrogens is 206 g/mol. The number of ketones is 1. The molecule has 0 aliphatic heterocycles. The van der Waals surface area contributed by atoms with Gasteiger partial charge in [-0.3, -0.25) is 4.79 Å². The van der Waals surface area contributed by atoms with Crippen LogP contribution >= 0.6 is 11.3 Å². The average molecular weight is 226 g/mol. The van der Waals surface area contributed by atoms with Crippen LogP contribution < -0.4 is 0 Å². The van der Waals surface area contributed by atoms with Crippen LogP contribution in [0.1, 0.15) is 23.0 Å². The summed E-state index contributed by atoms with van der Waals surface area (Å²) in [6.45, 7) is 3.00. The third-order valence-corrected chi connectivity index (χ3v) is 3.28. The zero-order valence-corrected chi connectivity index (χ0v) is 10.8. The normalized spacial score (nSPS) is 13.9. The lowest BCUT2D eigenvalue weighted by Crippen LogP contribution is -2.41. The molecule has 84 valence electrons. The van der Waals surface area contributed by atoms with Crippen molar-refractivity contribution in [2.24, 2.45) is 5.92 Å². The van der Waals surface area contributed by atoms with Crippen molar-refractivity contribution in [2.45, 2.75) is 13.3 Å². The highest BCUT2D eigenvalue weighted by Gasteiger charge is 2.24. The van der Waals surface area contributed by atoms with E-state index in [0.29, 0.717) is 5.78 Å². The number of Topliss-reactive ketones (excluding diaryl/α,β-unsaturated/α-hetero) is 1. The Hall–Kier alpha value is -0.670. The number of carbonyl (C=O) groups is 1. The Morgan fingerprint density at radius 3 is 2.53 bits per heavy atom. The van der Waals surface area contributed by atoms with Crippen molar-refractivity contribution < 1.29 is 9.28 Å². The Labute approximate surface area is 96.1 Å². The van der Waals surface area contributed by atoms with Crippen molar-refractivity contribution in [3.05, 3.63) is 22.4 Å². The summed E-state index contributed by atoms with van der Waals surface area (Å²) in [6.07, 6.45) is 0.923. The van der Waals surface area contributed by atoms with E-state index < -0.39 is 0 Å². The largest absolute Gasteiger partial charge is 0.330 e. The van der Waals surface area contributed by atoms with Crippen LogP contribution in [0.2, 0.25) is 0 Å². The first-order valence-electron chi connectivity index (χ1n) is 5.32. The molecule has 0 radical (unpaired) electrons. The molecule has 0 fully saturated rings. The summed E-state index contributed by atoms with van der Waals surface area (Å²) in [6, 6.07) is 3.86. The van der Waals surface area contributed by atoms with E-state index in [1.54, 1.807) is 11.3 Å². The van der Waals surface area contributed by atoms with Crippen LogP contribution in [0.25, 0.3) is 0 Å². The van der Waals surface area contributed by atoms with Gasteiger partial charge in [-0.2, -0.15) is 0 Å². The molecule has 1 aromatic heterocycles. The maximum absolute atomic E-state index is 12.1. The molecule has 0 bridgehead atoms. The molecule has 0 amide bonds. The van der Waals surface area contributed by atoms with Crippen LogP contribution in [-0.4, -0.2) is 38.0 Å². The lowest BCUT2D eigenvalue weighted by molar-refractivity contribution is -0.872. The second-order valence-electron chi connectivity index (χ2n) is 4.92. The Bertz CT molecular complexity index is 311. The molecule has 0 saturated heterocycles. The molecule has 15 heavy (non-hydrogen) atoms. The minimum atomic E-state index is 0.156. The van der Waals surface area contributed by atoms with Gasteiger partial charge in [0.05, 0.1) is 38.5 Å². The number of hydrogen-bond donors (Lipinski definition) is 0. The Kier molecular flexibility index (Phi) is 4.05. The van der Waals surface area contributed by atoms with E-state index in [-0.39, 0.29) is 5.92 Å². The van der Waals surface area contributed by atoms with Crippen LogP contribution in [0.4, 0.5) is 0 Å². The number of hydrogen-bond acceptors (Lipinski definition) is 2. The van der Waals surface area contributed by atoms with Crippen LogP contribution in [0, 0.1) is 5.92 Å². The van der Waals surface area contributed by atoms with E-state index in [4.69, 9.17) is 0 Å². The Morgan fingerprint density at radius 2 is 2.13 bits per heavy atom. The molecule has 0 aliphatic rings. The third-order valence-electron chi connectivity index (χ3n) is 2.40. The van der Waals surface area contributed by atoms with E-state index in [9.17, 15) is 4.79 Å². The molecule has 1 unspecified atom stereocenters. The molecule has 0 aromatic carbocycles. The van der Waals surface area contributed by atoms with Gasteiger partial charge in [0.25, 0.3) is 0 Å². The minimum absolute atomic E-state index is 0.156. The predicted octanol–water partition coefficient (Wildman–Crippen LogP) is 2.66. The van der Waals surface area contributed by atoms with E-state index in [2.05, 4.69) is 28.1 Å². The van der Waals surface area contributed by atoms with Gasteiger partial charge in [-0.15, -0.1) is 11.3 Å². The van der Waals surface area contributed by atoms with Crippen LogP contribution in [0.15, 0.2) is 17.5 Å². The minimum Gasteiger partial charge on any atom is -0.330 e. The Morgan fingerprint density at radius 1 is 1.47 bits per heavy atom. The van der Waals surface area contributed by atoms with Gasteiger partial charge in [-0.05, 0) is 17.9 Å². The standard InChI is InChI=1S/C12H20NOS/c1-5-10(9-13(2,3)4)12(14)11-7-6-8-15-11/h6-8,10H,5,9H2,1-4H3/q+1. The van der Waals surface area contributed by atoms with Crippen molar-refractivity contribution in [1.29, 1.82) is 0 Å². The highest BCUT2D eigenvalue weighted by atomic mass is 32.1. The highest BCUT2D eigenvalue weighted by molar-refractivity contribution is 7.12. The maximum atomic E-state index is 12.1. The fourth-order valence-electron chi connectivity index (χ4n) is 1.68. The quantitative estimate of drug-likeness (QED) is 0.557. The number of carbonyl (C=O) groups excluding carboxylic acids is 1. The monoisotopic (exact) mass is 226 g/mol. The van der Waals surface area contributed by atoms with Gasteiger partial charge in [-0.25, -0.2) is 0 Å². The SMILES string of the molecule is CCC(C[N+](C)(C)C)C(=O)c1cccs1. The smallest absolute Gasteiger partial charge is 0.181 e. The zero-order valence-electron chi connectivity index (χ0n) is 9.99. The number of nitrogens with zero attached hydrogens (tertiary/aromatic N) is 1. The molecule has 1 aromatic rings. The lowest BCUT2D eigenvalue weighted by atomic mass is 9.99. The van der Waals surface area contributed by atoms with Crippen molar-refractivity contribution in [2.75, 3.05) is 27.7 Å². The second-order valence-corrected chi connectivity index (χ2v) is 5.87. The van der Waals surface area contributed by atoms with Gasteiger partial charge in [0, 0.05) is 0 Å². The Balaban J connectivity index is 2.72. The van der Waals surface area contributed by atoms with Crippen LogP contribution in [0.3, 0.4) is 0 Å². The average Bonchev–Trinajstić information content (AvgIpc) is 2.64. The molecule has 0 spiro atoms. The summed E-state index contributed by atoms with van der Waals surface area (Å²) in [5.74, 6) is 0.462. The van der Waals surface area contributed by atoms with Gasteiger partial charge < -0.3 is 4.48 Å². The first-order valence-corrected chi connectivity index (χ1v) is 6.20. The zero-order chi connectivity index (χ0) is 11.5. The second kappa shape index (κ2) is 4.90. The summed E-state index contributed by atoms with van der Waals surface area (Å²) in [5.41, 5.74) is 0. The van der Waals surface area contributed by atoms with E-state index in [0.717, 1.165) is 22.3 Å². The van der Waals surface area contributed by atoms with Crippen molar-refractivity contribution >= 4 is 17.1 Å². The summed E-state index contributed by atoms with van der Waals surface area (Å²) >= 11 is 1.54. The highest BCUT2D eigenvalue weighted by Crippen LogP contribution is 2.18. The molecule has 2 nitrogen and oxygen atoms in total. The van der Waals surface area contributed by atoms with Crippen molar-refractivity contribution in [1.82, 2.24) is 0 Å². The maximum Gasteiger partial charge on any atom is 0.181 e. The molecule has 1 rings (SSSR count). The predicted molar refractivity (Wildman–Crippen MR) is 65.3 cm³/mol. The van der Waals surface area contributed by atoms with E-state index in [1.807, 2.05) is 17.5 Å². The fourth-order valence-corrected chi connectivity index (χ4v) is 2.42. The molecular formula is C12H20NOS+. The molecule has 3 heteroatoms. The van der Waals surface area contributed by atoms with Crippen LogP contribution in [0.5, 0.6) is 0 Å². The fraction of sp³-hybridized carbons (Fsp3) is 0.583.